The summed E-state index contributed by atoms with van der Waals surface area (Å²) in [6, 6.07) is 6.03. The molecule has 20 heavy (non-hydrogen) atoms. The summed E-state index contributed by atoms with van der Waals surface area (Å²) in [4.78, 5) is 0. The van der Waals surface area contributed by atoms with Crippen molar-refractivity contribution in [2.24, 2.45) is 10.9 Å². The summed E-state index contributed by atoms with van der Waals surface area (Å²) in [7, 11) is -0.739. The number of nitrogens with one attached hydrogen (secondary N) is 1. The third-order valence-electron chi connectivity index (χ3n) is 3.23. The number of hydrogen-bond acceptors (Lipinski definition) is 4. The van der Waals surface area contributed by atoms with Gasteiger partial charge in [0.05, 0.1) is 0 Å². The van der Waals surface area contributed by atoms with Crippen molar-refractivity contribution in [1.29, 1.82) is 0 Å². The molecule has 0 amide bonds. The van der Waals surface area contributed by atoms with Crippen LogP contribution in [0.25, 0.3) is 0 Å². The first-order valence-electron chi connectivity index (χ1n) is 6.55. The highest BCUT2D eigenvalue weighted by Gasteiger charge is 2.06. The molecule has 0 fully saturated rings. The fraction of sp³-hybridized carbons (Fsp3) is 0.500. The van der Waals surface area contributed by atoms with Crippen LogP contribution in [0.4, 0.5) is 0 Å². The van der Waals surface area contributed by atoms with Gasteiger partial charge in [0.2, 0.25) is 0 Å². The second-order valence-corrected chi connectivity index (χ2v) is 6.53. The molecule has 1 aromatic rings. The number of nitrogens with two attached hydrogens (primary N) is 1. The van der Waals surface area contributed by atoms with Crippen molar-refractivity contribution in [2.45, 2.75) is 32.9 Å². The Morgan fingerprint density at radius 2 is 2.25 bits per heavy atom. The summed E-state index contributed by atoms with van der Waals surface area (Å²) in [5.41, 5.74) is 8.53. The van der Waals surface area contributed by atoms with Gasteiger partial charge in [0.15, 0.2) is 5.84 Å². The van der Waals surface area contributed by atoms with E-state index >= 15 is 0 Å². The van der Waals surface area contributed by atoms with Gasteiger partial charge in [-0.3, -0.25) is 4.21 Å². The Kier molecular flexibility index (Phi) is 6.67. The molecule has 6 heteroatoms. The molecule has 0 saturated carbocycles. The Labute approximate surface area is 122 Å². The molecule has 0 aromatic heterocycles. The molecule has 0 bridgehead atoms. The van der Waals surface area contributed by atoms with Gasteiger partial charge in [0.1, 0.15) is 0 Å². The van der Waals surface area contributed by atoms with Crippen molar-refractivity contribution in [3.05, 3.63) is 34.9 Å². The van der Waals surface area contributed by atoms with Crippen molar-refractivity contribution in [3.8, 4) is 0 Å². The second-order valence-electron chi connectivity index (χ2n) is 4.97. The number of nitrogens with zero attached hydrogens (tertiary/aromatic N) is 1. The second kappa shape index (κ2) is 8.01. The Morgan fingerprint density at radius 1 is 1.55 bits per heavy atom. The number of aryl methyl sites for hydroxylation is 1. The van der Waals surface area contributed by atoms with Crippen molar-refractivity contribution in [3.63, 3.8) is 0 Å². The molecule has 0 radical (unpaired) electrons. The van der Waals surface area contributed by atoms with Crippen LogP contribution in [-0.2, 0) is 17.3 Å². The molecule has 5 nitrogen and oxygen atoms in total. The maximum absolute atomic E-state index is 11.0. The minimum absolute atomic E-state index is 0.117. The van der Waals surface area contributed by atoms with Crippen molar-refractivity contribution in [2.75, 3.05) is 12.0 Å². The van der Waals surface area contributed by atoms with Gasteiger partial charge >= 0.3 is 0 Å². The minimum atomic E-state index is -0.739. The molecule has 2 unspecified atom stereocenters. The predicted molar refractivity (Wildman–Crippen MR) is 83.5 cm³/mol. The largest absolute Gasteiger partial charge is 0.409 e. The van der Waals surface area contributed by atoms with Crippen LogP contribution in [0.3, 0.4) is 0 Å². The lowest BCUT2D eigenvalue weighted by Crippen LogP contribution is -2.27. The molecule has 0 aliphatic heterocycles. The van der Waals surface area contributed by atoms with E-state index in [1.807, 2.05) is 25.1 Å². The molecule has 1 aromatic carbocycles. The lowest BCUT2D eigenvalue weighted by molar-refractivity contribution is 0.318. The zero-order valence-corrected chi connectivity index (χ0v) is 13.0. The number of hydrogen-bond donors (Lipinski definition) is 3. The lowest BCUT2D eigenvalue weighted by atomic mass is 10.0. The summed E-state index contributed by atoms with van der Waals surface area (Å²) in [6.07, 6.45) is 2.62. The quantitative estimate of drug-likeness (QED) is 0.307. The smallest absolute Gasteiger partial charge is 0.170 e. The first-order valence-corrected chi connectivity index (χ1v) is 8.27. The molecular formula is C14H23N3O2S. The van der Waals surface area contributed by atoms with Crippen molar-refractivity contribution in [1.82, 2.24) is 5.32 Å². The van der Waals surface area contributed by atoms with E-state index in [1.54, 1.807) is 6.26 Å². The molecule has 0 heterocycles. The number of amidine groups is 1. The lowest BCUT2D eigenvalue weighted by Gasteiger charge is -2.15. The van der Waals surface area contributed by atoms with Crippen LogP contribution in [-0.4, -0.2) is 33.3 Å². The van der Waals surface area contributed by atoms with E-state index in [0.29, 0.717) is 11.6 Å². The number of benzene rings is 1. The van der Waals surface area contributed by atoms with Crippen molar-refractivity contribution >= 4 is 16.6 Å². The van der Waals surface area contributed by atoms with Gasteiger partial charge in [-0.2, -0.15) is 0 Å². The Hall–Kier alpha value is -1.40. The third-order valence-corrected chi connectivity index (χ3v) is 4.04. The summed E-state index contributed by atoms with van der Waals surface area (Å²) >= 11 is 0. The van der Waals surface area contributed by atoms with E-state index in [2.05, 4.69) is 17.4 Å². The Bertz CT molecular complexity index is 503. The SMILES string of the molecule is Cc1cc(/C(N)=N/O)ccc1CNC(C)CCS(C)=O. The molecule has 0 saturated heterocycles. The summed E-state index contributed by atoms with van der Waals surface area (Å²) < 4.78 is 11.0. The summed E-state index contributed by atoms with van der Waals surface area (Å²) in [6.45, 7) is 4.84. The third kappa shape index (κ3) is 5.30. The molecular weight excluding hydrogens is 274 g/mol. The van der Waals surface area contributed by atoms with E-state index < -0.39 is 10.8 Å². The molecule has 2 atom stereocenters. The fourth-order valence-electron chi connectivity index (χ4n) is 1.84. The fourth-order valence-corrected chi connectivity index (χ4v) is 2.53. The standard InChI is InChI=1S/C14H23N3O2S/c1-10-8-12(14(15)17-18)4-5-13(10)9-16-11(2)6-7-20(3)19/h4-5,8,11,16,18H,6-7,9H2,1-3H3,(H2,15,17). The van der Waals surface area contributed by atoms with E-state index in [4.69, 9.17) is 10.9 Å². The molecule has 0 aliphatic rings. The number of rotatable bonds is 7. The summed E-state index contributed by atoms with van der Waals surface area (Å²) in [5.74, 6) is 0.835. The van der Waals surface area contributed by atoms with Crippen molar-refractivity contribution < 1.29 is 9.42 Å². The maximum Gasteiger partial charge on any atom is 0.170 e. The van der Waals surface area contributed by atoms with Gasteiger partial charge in [0.25, 0.3) is 0 Å². The average Bonchev–Trinajstić information content (AvgIpc) is 2.42. The van der Waals surface area contributed by atoms with Gasteiger partial charge < -0.3 is 16.3 Å². The Balaban J connectivity index is 2.58. The molecule has 4 N–H and O–H groups in total. The van der Waals surface area contributed by atoms with Crippen LogP contribution in [0, 0.1) is 6.92 Å². The van der Waals surface area contributed by atoms with E-state index in [9.17, 15) is 4.21 Å². The normalized spacial score (nSPS) is 15.1. The van der Waals surface area contributed by atoms with Gasteiger partial charge in [0, 0.05) is 41.0 Å². The zero-order chi connectivity index (χ0) is 15.1. The monoisotopic (exact) mass is 297 g/mol. The first-order chi connectivity index (χ1) is 9.43. The molecule has 1 rings (SSSR count). The van der Waals surface area contributed by atoms with Crippen LogP contribution in [0.1, 0.15) is 30.0 Å². The number of oxime groups is 1. The van der Waals surface area contributed by atoms with Crippen LogP contribution < -0.4 is 11.1 Å². The van der Waals surface area contributed by atoms with Crippen LogP contribution in [0.5, 0.6) is 0 Å². The van der Waals surface area contributed by atoms with Gasteiger partial charge in [-0.1, -0.05) is 17.3 Å². The Morgan fingerprint density at radius 3 is 2.80 bits per heavy atom. The van der Waals surface area contributed by atoms with Crippen LogP contribution >= 0.6 is 0 Å². The maximum atomic E-state index is 11.0. The molecule has 0 aliphatic carbocycles. The predicted octanol–water partition coefficient (Wildman–Crippen LogP) is 1.34. The first kappa shape index (κ1) is 16.7. The van der Waals surface area contributed by atoms with E-state index in [0.717, 1.165) is 24.3 Å². The molecule has 112 valence electrons. The van der Waals surface area contributed by atoms with Gasteiger partial charge in [-0.15, -0.1) is 0 Å². The summed E-state index contributed by atoms with van der Waals surface area (Å²) in [5, 5.41) is 15.1. The van der Waals surface area contributed by atoms with E-state index in [1.165, 1.54) is 5.56 Å². The zero-order valence-electron chi connectivity index (χ0n) is 12.2. The van der Waals surface area contributed by atoms with E-state index in [-0.39, 0.29) is 5.84 Å². The highest BCUT2D eigenvalue weighted by atomic mass is 32.2. The average molecular weight is 297 g/mol. The molecule has 0 spiro atoms. The minimum Gasteiger partial charge on any atom is -0.409 e. The topological polar surface area (TPSA) is 87.7 Å². The highest BCUT2D eigenvalue weighted by molar-refractivity contribution is 7.84. The van der Waals surface area contributed by atoms with Gasteiger partial charge in [-0.05, 0) is 37.5 Å². The highest BCUT2D eigenvalue weighted by Crippen LogP contribution is 2.11. The van der Waals surface area contributed by atoms with Crippen LogP contribution in [0.2, 0.25) is 0 Å². The van der Waals surface area contributed by atoms with Gasteiger partial charge in [-0.25, -0.2) is 0 Å². The van der Waals surface area contributed by atoms with Crippen LogP contribution in [0.15, 0.2) is 23.4 Å².